The van der Waals surface area contributed by atoms with Crippen molar-refractivity contribution in [1.82, 2.24) is 9.80 Å². The quantitative estimate of drug-likeness (QED) is 0.866. The van der Waals surface area contributed by atoms with Crippen LogP contribution in [0.25, 0.3) is 0 Å². The van der Waals surface area contributed by atoms with Gasteiger partial charge < -0.3 is 15.1 Å². The van der Waals surface area contributed by atoms with Crippen molar-refractivity contribution in [2.75, 3.05) is 70.6 Å². The highest BCUT2D eigenvalue weighted by Gasteiger charge is 2.13. The Bertz CT molecular complexity index is 383. The lowest BCUT2D eigenvalue weighted by molar-refractivity contribution is 0.158. The number of nitrogens with one attached hydrogen (secondary N) is 1. The fraction of sp³-hybridized carbons (Fsp3) is 0.600. The minimum absolute atomic E-state index is 1.01. The molecule has 0 aliphatic carbocycles. The molecule has 1 aromatic carbocycles. The van der Waals surface area contributed by atoms with Gasteiger partial charge in [-0.05, 0) is 19.2 Å². The average molecular weight is 262 g/mol. The molecule has 4 heteroatoms. The Balaban J connectivity index is 1.79. The highest BCUT2D eigenvalue weighted by atomic mass is 15.2. The SMILES string of the molecule is CN1CCN(CCNc2ccccc2N(C)C)CC1. The number of piperazine rings is 1. The van der Waals surface area contributed by atoms with Gasteiger partial charge in [0.25, 0.3) is 0 Å². The van der Waals surface area contributed by atoms with E-state index < -0.39 is 0 Å². The van der Waals surface area contributed by atoms with Crippen molar-refractivity contribution < 1.29 is 0 Å². The Morgan fingerprint density at radius 3 is 2.47 bits per heavy atom. The highest BCUT2D eigenvalue weighted by molar-refractivity contribution is 5.69. The molecule has 1 heterocycles. The number of anilines is 2. The maximum atomic E-state index is 3.56. The van der Waals surface area contributed by atoms with E-state index in [1.807, 2.05) is 0 Å². The van der Waals surface area contributed by atoms with Crippen LogP contribution >= 0.6 is 0 Å². The molecule has 0 amide bonds. The summed E-state index contributed by atoms with van der Waals surface area (Å²) < 4.78 is 0. The molecule has 1 aromatic rings. The number of nitrogens with zero attached hydrogens (tertiary/aromatic N) is 3. The molecule has 19 heavy (non-hydrogen) atoms. The molecule has 0 saturated carbocycles. The van der Waals surface area contributed by atoms with Crippen LogP contribution in [0.3, 0.4) is 0 Å². The van der Waals surface area contributed by atoms with Gasteiger partial charge >= 0.3 is 0 Å². The van der Waals surface area contributed by atoms with Crippen molar-refractivity contribution in [3.63, 3.8) is 0 Å². The number of para-hydroxylation sites is 2. The summed E-state index contributed by atoms with van der Waals surface area (Å²) in [6.07, 6.45) is 0. The maximum absolute atomic E-state index is 3.56. The molecule has 0 atom stereocenters. The van der Waals surface area contributed by atoms with E-state index in [0.717, 1.165) is 13.1 Å². The summed E-state index contributed by atoms with van der Waals surface area (Å²) in [7, 11) is 6.37. The molecule has 2 rings (SSSR count). The normalized spacial score (nSPS) is 17.4. The van der Waals surface area contributed by atoms with Crippen molar-refractivity contribution in [3.05, 3.63) is 24.3 Å². The van der Waals surface area contributed by atoms with E-state index >= 15 is 0 Å². The van der Waals surface area contributed by atoms with Crippen LogP contribution in [0.15, 0.2) is 24.3 Å². The Morgan fingerprint density at radius 1 is 1.11 bits per heavy atom. The van der Waals surface area contributed by atoms with E-state index in [1.165, 1.54) is 37.6 Å². The van der Waals surface area contributed by atoms with Crippen molar-refractivity contribution in [1.29, 1.82) is 0 Å². The first-order valence-electron chi connectivity index (χ1n) is 7.08. The zero-order chi connectivity index (χ0) is 13.7. The molecule has 1 aliphatic rings. The standard InChI is InChI=1S/C15H26N4/c1-17(2)15-7-5-4-6-14(15)16-8-9-19-12-10-18(3)11-13-19/h4-7,16H,8-13H2,1-3H3. The summed E-state index contributed by atoms with van der Waals surface area (Å²) in [4.78, 5) is 7.08. The van der Waals surface area contributed by atoms with Crippen molar-refractivity contribution in [3.8, 4) is 0 Å². The van der Waals surface area contributed by atoms with Crippen molar-refractivity contribution >= 4 is 11.4 Å². The monoisotopic (exact) mass is 262 g/mol. The predicted molar refractivity (Wildman–Crippen MR) is 83.2 cm³/mol. The van der Waals surface area contributed by atoms with E-state index in [-0.39, 0.29) is 0 Å². The molecule has 1 aliphatic heterocycles. The first-order valence-corrected chi connectivity index (χ1v) is 7.08. The van der Waals surface area contributed by atoms with Gasteiger partial charge in [-0.2, -0.15) is 0 Å². The van der Waals surface area contributed by atoms with E-state index in [9.17, 15) is 0 Å². The number of rotatable bonds is 5. The van der Waals surface area contributed by atoms with Crippen LogP contribution in [-0.4, -0.2) is 70.2 Å². The minimum atomic E-state index is 1.01. The van der Waals surface area contributed by atoms with Crippen LogP contribution in [-0.2, 0) is 0 Å². The highest BCUT2D eigenvalue weighted by Crippen LogP contribution is 2.22. The maximum Gasteiger partial charge on any atom is 0.0596 e. The summed E-state index contributed by atoms with van der Waals surface area (Å²) >= 11 is 0. The molecular weight excluding hydrogens is 236 g/mol. The third-order valence-electron chi connectivity index (χ3n) is 3.73. The molecule has 1 fully saturated rings. The van der Waals surface area contributed by atoms with Crippen molar-refractivity contribution in [2.24, 2.45) is 0 Å². The minimum Gasteiger partial charge on any atom is -0.382 e. The molecule has 0 unspecified atom stereocenters. The fourth-order valence-corrected chi connectivity index (χ4v) is 2.43. The van der Waals surface area contributed by atoms with E-state index in [1.54, 1.807) is 0 Å². The van der Waals surface area contributed by atoms with Crippen LogP contribution in [0, 0.1) is 0 Å². The average Bonchev–Trinajstić information content (AvgIpc) is 2.41. The Kier molecular flexibility index (Phi) is 5.05. The summed E-state index contributed by atoms with van der Waals surface area (Å²) in [5, 5.41) is 3.56. The third kappa shape index (κ3) is 4.11. The summed E-state index contributed by atoms with van der Waals surface area (Å²) in [6.45, 7) is 6.88. The van der Waals surface area contributed by atoms with Gasteiger partial charge in [0.1, 0.15) is 0 Å². The number of likely N-dealkylation sites (N-methyl/N-ethyl adjacent to an activating group) is 1. The van der Waals surface area contributed by atoms with Crippen LogP contribution in [0.4, 0.5) is 11.4 Å². The van der Waals surface area contributed by atoms with Crippen LogP contribution in [0.1, 0.15) is 0 Å². The first kappa shape index (κ1) is 14.2. The zero-order valence-corrected chi connectivity index (χ0v) is 12.4. The summed E-state index contributed by atoms with van der Waals surface area (Å²) in [6, 6.07) is 8.48. The van der Waals surface area contributed by atoms with Gasteiger partial charge in [0.05, 0.1) is 11.4 Å². The van der Waals surface area contributed by atoms with Crippen LogP contribution in [0.2, 0.25) is 0 Å². The topological polar surface area (TPSA) is 21.8 Å². The van der Waals surface area contributed by atoms with Crippen LogP contribution < -0.4 is 10.2 Å². The number of benzene rings is 1. The number of hydrogen-bond acceptors (Lipinski definition) is 4. The largest absolute Gasteiger partial charge is 0.382 e. The van der Waals surface area contributed by atoms with Gasteiger partial charge in [-0.3, -0.25) is 4.90 Å². The van der Waals surface area contributed by atoms with Gasteiger partial charge in [0.2, 0.25) is 0 Å². The second-order valence-electron chi connectivity index (χ2n) is 5.48. The van der Waals surface area contributed by atoms with Gasteiger partial charge in [-0.25, -0.2) is 0 Å². The molecule has 106 valence electrons. The van der Waals surface area contributed by atoms with Gasteiger partial charge in [0, 0.05) is 53.4 Å². The van der Waals surface area contributed by atoms with Gasteiger partial charge in [-0.15, -0.1) is 0 Å². The number of hydrogen-bond donors (Lipinski definition) is 1. The van der Waals surface area contributed by atoms with E-state index in [2.05, 4.69) is 65.4 Å². The second-order valence-corrected chi connectivity index (χ2v) is 5.48. The molecular formula is C15H26N4. The lowest BCUT2D eigenvalue weighted by atomic mass is 10.2. The van der Waals surface area contributed by atoms with E-state index in [0.29, 0.717) is 0 Å². The zero-order valence-electron chi connectivity index (χ0n) is 12.4. The first-order chi connectivity index (χ1) is 9.16. The molecule has 4 nitrogen and oxygen atoms in total. The molecule has 0 spiro atoms. The summed E-state index contributed by atoms with van der Waals surface area (Å²) in [5.74, 6) is 0. The lowest BCUT2D eigenvalue weighted by Gasteiger charge is -2.32. The predicted octanol–water partition coefficient (Wildman–Crippen LogP) is 1.41. The Morgan fingerprint density at radius 2 is 1.79 bits per heavy atom. The lowest BCUT2D eigenvalue weighted by Crippen LogP contribution is -2.45. The molecule has 0 aromatic heterocycles. The molecule has 0 bridgehead atoms. The molecule has 1 N–H and O–H groups in total. The Labute approximate surface area is 117 Å². The second kappa shape index (κ2) is 6.78. The summed E-state index contributed by atoms with van der Waals surface area (Å²) in [5.41, 5.74) is 2.47. The smallest absolute Gasteiger partial charge is 0.0596 e. The van der Waals surface area contributed by atoms with E-state index in [4.69, 9.17) is 0 Å². The van der Waals surface area contributed by atoms with Gasteiger partial charge in [0.15, 0.2) is 0 Å². The van der Waals surface area contributed by atoms with Crippen molar-refractivity contribution in [2.45, 2.75) is 0 Å². The Hall–Kier alpha value is -1.26. The third-order valence-corrected chi connectivity index (χ3v) is 3.73. The fourth-order valence-electron chi connectivity index (χ4n) is 2.43. The van der Waals surface area contributed by atoms with Crippen LogP contribution in [0.5, 0.6) is 0 Å². The molecule has 0 radical (unpaired) electrons. The molecule has 1 saturated heterocycles. The van der Waals surface area contributed by atoms with Gasteiger partial charge in [-0.1, -0.05) is 12.1 Å².